The number of nitrogens with one attached hydrogen (secondary N) is 2. The maximum atomic E-state index is 12.1. The molecule has 0 spiro atoms. The molecule has 3 rings (SSSR count). The number of carbonyl (C=O) groups excluding carboxylic acids is 2. The van der Waals surface area contributed by atoms with Crippen molar-refractivity contribution in [1.29, 1.82) is 0 Å². The summed E-state index contributed by atoms with van der Waals surface area (Å²) in [5.41, 5.74) is 1.00. The van der Waals surface area contributed by atoms with Crippen molar-refractivity contribution in [3.8, 4) is 11.5 Å². The van der Waals surface area contributed by atoms with E-state index in [1.54, 1.807) is 18.4 Å². The summed E-state index contributed by atoms with van der Waals surface area (Å²) in [5.74, 6) is 1.03. The van der Waals surface area contributed by atoms with E-state index in [-0.39, 0.29) is 18.5 Å². The van der Waals surface area contributed by atoms with Crippen LogP contribution in [0.4, 0.5) is 4.79 Å². The Labute approximate surface area is 175 Å². The molecule has 0 aliphatic heterocycles. The van der Waals surface area contributed by atoms with Gasteiger partial charge in [-0.05, 0) is 48.5 Å². The molecule has 29 heavy (non-hydrogen) atoms. The third-order valence-electron chi connectivity index (χ3n) is 4.56. The number of benzene rings is 1. The first-order valence-corrected chi connectivity index (χ1v) is 10.6. The Morgan fingerprint density at radius 2 is 2.07 bits per heavy atom. The molecule has 0 atom stereocenters. The maximum Gasteiger partial charge on any atom is 0.321 e. The van der Waals surface area contributed by atoms with Crippen molar-refractivity contribution in [2.75, 3.05) is 20.2 Å². The van der Waals surface area contributed by atoms with Gasteiger partial charge in [0.2, 0.25) is 5.91 Å². The van der Waals surface area contributed by atoms with E-state index in [1.807, 2.05) is 47.5 Å². The van der Waals surface area contributed by atoms with Gasteiger partial charge in [0.15, 0.2) is 11.5 Å². The quantitative estimate of drug-likeness (QED) is 0.621. The van der Waals surface area contributed by atoms with Gasteiger partial charge in [0, 0.05) is 17.5 Å². The van der Waals surface area contributed by atoms with E-state index >= 15 is 0 Å². The third-order valence-corrected chi connectivity index (χ3v) is 5.41. The number of methoxy groups -OCH3 is 1. The summed E-state index contributed by atoms with van der Waals surface area (Å²) in [5, 5.41) is 7.16. The highest BCUT2D eigenvalue weighted by Gasteiger charge is 2.24. The number of rotatable bonds is 10. The monoisotopic (exact) mass is 417 g/mol. The summed E-state index contributed by atoms with van der Waals surface area (Å²) in [6, 6.07) is 9.60. The van der Waals surface area contributed by atoms with Crippen molar-refractivity contribution in [2.45, 2.75) is 39.0 Å². The lowest BCUT2D eigenvalue weighted by Crippen LogP contribution is -2.45. The average Bonchev–Trinajstić information content (AvgIpc) is 3.36. The van der Waals surface area contributed by atoms with Gasteiger partial charge in [-0.2, -0.15) is 0 Å². The second-order valence-electron chi connectivity index (χ2n) is 6.95. The van der Waals surface area contributed by atoms with Gasteiger partial charge < -0.3 is 14.8 Å². The van der Waals surface area contributed by atoms with Crippen LogP contribution in [0.15, 0.2) is 35.7 Å². The summed E-state index contributed by atoms with van der Waals surface area (Å²) < 4.78 is 11.3. The van der Waals surface area contributed by atoms with Crippen LogP contribution in [0.5, 0.6) is 11.5 Å². The zero-order chi connectivity index (χ0) is 20.6. The van der Waals surface area contributed by atoms with Gasteiger partial charge in [-0.1, -0.05) is 19.1 Å². The smallest absolute Gasteiger partial charge is 0.321 e. The number of hydrogen-bond acceptors (Lipinski definition) is 6. The van der Waals surface area contributed by atoms with E-state index in [1.165, 1.54) is 0 Å². The number of carbonyl (C=O) groups is 2. The highest BCUT2D eigenvalue weighted by molar-refractivity contribution is 7.09. The largest absolute Gasteiger partial charge is 0.493 e. The predicted molar refractivity (Wildman–Crippen MR) is 112 cm³/mol. The first-order valence-electron chi connectivity index (χ1n) is 9.72. The lowest BCUT2D eigenvalue weighted by molar-refractivity contribution is -0.121. The third kappa shape index (κ3) is 6.76. The fraction of sp³-hybridized carbons (Fsp3) is 0.429. The molecule has 1 aliphatic rings. The van der Waals surface area contributed by atoms with E-state index in [0.29, 0.717) is 31.2 Å². The highest BCUT2D eigenvalue weighted by Crippen LogP contribution is 2.29. The second-order valence-corrected chi connectivity index (χ2v) is 7.98. The lowest BCUT2D eigenvalue weighted by Gasteiger charge is -2.20. The molecule has 1 aliphatic carbocycles. The molecule has 2 N–H and O–H groups in total. The molecule has 2 aromatic rings. The zero-order valence-corrected chi connectivity index (χ0v) is 17.6. The number of urea groups is 1. The van der Waals surface area contributed by atoms with Crippen LogP contribution >= 0.6 is 11.3 Å². The SMILES string of the molecule is CCN(CC(=O)NC(=O)NC1CC1)Cc1ccc(OCc2cccs2)c(OC)c1. The fourth-order valence-electron chi connectivity index (χ4n) is 2.83. The molecule has 3 amide bonds. The zero-order valence-electron chi connectivity index (χ0n) is 16.8. The standard InChI is InChI=1S/C21H27N3O4S/c1-3-24(13-20(25)23-21(26)22-16-7-8-16)12-15-6-9-18(19(11-15)27-2)28-14-17-5-4-10-29-17/h4-6,9-11,16H,3,7-8,12-14H2,1-2H3,(H2,22,23,25,26). The molecule has 0 unspecified atom stereocenters. The molecule has 0 bridgehead atoms. The van der Waals surface area contributed by atoms with Crippen molar-refractivity contribution < 1.29 is 19.1 Å². The molecular formula is C21H27N3O4S. The van der Waals surface area contributed by atoms with E-state index in [4.69, 9.17) is 9.47 Å². The van der Waals surface area contributed by atoms with E-state index < -0.39 is 6.03 Å². The van der Waals surface area contributed by atoms with Gasteiger partial charge in [-0.25, -0.2) is 4.79 Å². The van der Waals surface area contributed by atoms with Gasteiger partial charge in [-0.15, -0.1) is 11.3 Å². The van der Waals surface area contributed by atoms with Gasteiger partial charge in [-0.3, -0.25) is 15.0 Å². The fourth-order valence-corrected chi connectivity index (χ4v) is 3.45. The average molecular weight is 418 g/mol. The predicted octanol–water partition coefficient (Wildman–Crippen LogP) is 3.15. The Hall–Kier alpha value is -2.58. The van der Waals surface area contributed by atoms with Crippen LogP contribution in [0.1, 0.15) is 30.2 Å². The maximum absolute atomic E-state index is 12.1. The van der Waals surface area contributed by atoms with Crippen molar-refractivity contribution >= 4 is 23.3 Å². The van der Waals surface area contributed by atoms with Crippen molar-refractivity contribution in [3.05, 3.63) is 46.2 Å². The molecule has 1 aromatic heterocycles. The Kier molecular flexibility index (Phi) is 7.48. The summed E-state index contributed by atoms with van der Waals surface area (Å²) in [6.07, 6.45) is 1.97. The molecular weight excluding hydrogens is 390 g/mol. The van der Waals surface area contributed by atoms with Crippen molar-refractivity contribution in [1.82, 2.24) is 15.5 Å². The van der Waals surface area contributed by atoms with Gasteiger partial charge >= 0.3 is 6.03 Å². The molecule has 0 saturated heterocycles. The van der Waals surface area contributed by atoms with Gasteiger partial charge in [0.1, 0.15) is 6.61 Å². The number of hydrogen-bond donors (Lipinski definition) is 2. The Morgan fingerprint density at radius 3 is 2.72 bits per heavy atom. The Balaban J connectivity index is 1.53. The van der Waals surface area contributed by atoms with Crippen LogP contribution in [0.3, 0.4) is 0 Å². The van der Waals surface area contributed by atoms with Crippen LogP contribution < -0.4 is 20.1 Å². The van der Waals surface area contributed by atoms with Crippen molar-refractivity contribution in [2.24, 2.45) is 0 Å². The highest BCUT2D eigenvalue weighted by atomic mass is 32.1. The van der Waals surface area contributed by atoms with Gasteiger partial charge in [0.25, 0.3) is 0 Å². The first-order chi connectivity index (χ1) is 14.1. The number of nitrogens with zero attached hydrogens (tertiary/aromatic N) is 1. The topological polar surface area (TPSA) is 79.9 Å². The van der Waals surface area contributed by atoms with Crippen molar-refractivity contribution in [3.63, 3.8) is 0 Å². The summed E-state index contributed by atoms with van der Waals surface area (Å²) in [4.78, 5) is 26.9. The Morgan fingerprint density at radius 1 is 1.24 bits per heavy atom. The summed E-state index contributed by atoms with van der Waals surface area (Å²) in [7, 11) is 1.61. The lowest BCUT2D eigenvalue weighted by atomic mass is 10.2. The molecule has 1 aromatic carbocycles. The summed E-state index contributed by atoms with van der Waals surface area (Å²) in [6.45, 7) is 3.87. The van der Waals surface area contributed by atoms with Crippen LogP contribution in [-0.4, -0.2) is 43.1 Å². The normalized spacial score (nSPS) is 13.2. The molecule has 1 saturated carbocycles. The number of likely N-dealkylation sites (N-methyl/N-ethyl adjacent to an activating group) is 1. The summed E-state index contributed by atoms with van der Waals surface area (Å²) >= 11 is 1.65. The van der Waals surface area contributed by atoms with E-state index in [0.717, 1.165) is 23.3 Å². The van der Waals surface area contributed by atoms with Crippen LogP contribution in [0, 0.1) is 0 Å². The van der Waals surface area contributed by atoms with Crippen LogP contribution in [-0.2, 0) is 17.9 Å². The molecule has 1 heterocycles. The first kappa shape index (κ1) is 21.1. The minimum atomic E-state index is -0.414. The Bertz CT molecular complexity index is 821. The molecule has 7 nitrogen and oxygen atoms in total. The number of amides is 3. The van der Waals surface area contributed by atoms with E-state index in [2.05, 4.69) is 10.6 Å². The minimum absolute atomic E-state index is 0.146. The number of thiophene rings is 1. The second kappa shape index (κ2) is 10.3. The molecule has 0 radical (unpaired) electrons. The molecule has 1 fully saturated rings. The molecule has 8 heteroatoms. The number of ether oxygens (including phenoxy) is 2. The molecule has 156 valence electrons. The van der Waals surface area contributed by atoms with Crippen LogP contribution in [0.2, 0.25) is 0 Å². The van der Waals surface area contributed by atoms with E-state index in [9.17, 15) is 9.59 Å². The van der Waals surface area contributed by atoms with Gasteiger partial charge in [0.05, 0.1) is 13.7 Å². The minimum Gasteiger partial charge on any atom is -0.493 e. The number of imide groups is 1. The van der Waals surface area contributed by atoms with Crippen LogP contribution in [0.25, 0.3) is 0 Å².